The highest BCUT2D eigenvalue weighted by Crippen LogP contribution is 2.29. The van der Waals surface area contributed by atoms with Crippen LogP contribution in [0.1, 0.15) is 22.8 Å². The van der Waals surface area contributed by atoms with E-state index in [1.165, 1.54) is 18.3 Å². The molecule has 0 aliphatic carbocycles. The number of esters is 1. The van der Waals surface area contributed by atoms with Crippen LogP contribution in [0.5, 0.6) is 0 Å². The van der Waals surface area contributed by atoms with E-state index >= 15 is 0 Å². The molecule has 0 amide bonds. The number of ether oxygens (including phenoxy) is 1. The van der Waals surface area contributed by atoms with Crippen LogP contribution in [-0.2, 0) is 4.74 Å². The summed E-state index contributed by atoms with van der Waals surface area (Å²) in [5.74, 6) is -0.909. The summed E-state index contributed by atoms with van der Waals surface area (Å²) in [5.41, 5.74) is 1.25. The van der Waals surface area contributed by atoms with E-state index in [0.29, 0.717) is 16.5 Å². The predicted molar refractivity (Wildman–Crippen MR) is 67.4 cm³/mol. The van der Waals surface area contributed by atoms with Crippen molar-refractivity contribution in [3.8, 4) is 0 Å². The molecule has 1 heterocycles. The van der Waals surface area contributed by atoms with Gasteiger partial charge in [-0.15, -0.1) is 0 Å². The van der Waals surface area contributed by atoms with Crippen LogP contribution >= 0.6 is 11.6 Å². The minimum Gasteiger partial charge on any atom is -0.462 e. The second kappa shape index (κ2) is 4.90. The van der Waals surface area contributed by atoms with Gasteiger partial charge in [0.2, 0.25) is 0 Å². The lowest BCUT2D eigenvalue weighted by Gasteiger charge is -2.08. The fourth-order valence-corrected chi connectivity index (χ4v) is 2.16. The molecular formula is C13H11ClFNO2. The molecule has 0 radical (unpaired) electrons. The third-order valence-electron chi connectivity index (χ3n) is 2.56. The third kappa shape index (κ3) is 2.16. The summed E-state index contributed by atoms with van der Waals surface area (Å²) in [7, 11) is 0. The number of pyridine rings is 1. The Bertz CT molecular complexity index is 628. The highest BCUT2D eigenvalue weighted by molar-refractivity contribution is 6.38. The van der Waals surface area contributed by atoms with Gasteiger partial charge in [0, 0.05) is 17.6 Å². The molecule has 1 aromatic heterocycles. The largest absolute Gasteiger partial charge is 0.462 e. The van der Waals surface area contributed by atoms with E-state index < -0.39 is 5.97 Å². The highest BCUT2D eigenvalue weighted by Gasteiger charge is 2.16. The van der Waals surface area contributed by atoms with Gasteiger partial charge >= 0.3 is 5.97 Å². The van der Waals surface area contributed by atoms with Crippen LogP contribution < -0.4 is 0 Å². The second-order valence-electron chi connectivity index (χ2n) is 3.82. The Morgan fingerprint density at radius 1 is 1.50 bits per heavy atom. The molecule has 0 atom stereocenters. The van der Waals surface area contributed by atoms with Gasteiger partial charge in [-0.1, -0.05) is 11.6 Å². The molecule has 0 spiro atoms. The molecule has 5 heteroatoms. The fraction of sp³-hybridized carbons (Fsp3) is 0.231. The average Bonchev–Trinajstić information content (AvgIpc) is 2.28. The van der Waals surface area contributed by atoms with E-state index in [0.717, 1.165) is 0 Å². The number of hydrogen-bond acceptors (Lipinski definition) is 3. The topological polar surface area (TPSA) is 39.2 Å². The SMILES string of the molecule is CCOC(=O)c1cnc2cc(F)cc(C)c2c1Cl. The van der Waals surface area contributed by atoms with Crippen molar-refractivity contribution in [3.63, 3.8) is 0 Å². The van der Waals surface area contributed by atoms with Gasteiger partial charge < -0.3 is 4.74 Å². The second-order valence-corrected chi connectivity index (χ2v) is 4.20. The van der Waals surface area contributed by atoms with Gasteiger partial charge in [0.1, 0.15) is 5.82 Å². The Hall–Kier alpha value is -1.68. The van der Waals surface area contributed by atoms with E-state index in [9.17, 15) is 9.18 Å². The van der Waals surface area contributed by atoms with Gasteiger partial charge in [0.25, 0.3) is 0 Å². The molecule has 0 aliphatic heterocycles. The maximum absolute atomic E-state index is 13.2. The summed E-state index contributed by atoms with van der Waals surface area (Å²) in [6, 6.07) is 2.63. The lowest BCUT2D eigenvalue weighted by molar-refractivity contribution is 0.0526. The maximum Gasteiger partial charge on any atom is 0.341 e. The zero-order valence-corrected chi connectivity index (χ0v) is 10.7. The summed E-state index contributed by atoms with van der Waals surface area (Å²) in [6.07, 6.45) is 1.31. The van der Waals surface area contributed by atoms with Gasteiger partial charge in [0.05, 0.1) is 22.7 Å². The van der Waals surface area contributed by atoms with Crippen molar-refractivity contribution in [1.29, 1.82) is 0 Å². The molecule has 0 unspecified atom stereocenters. The Balaban J connectivity index is 2.67. The summed E-state index contributed by atoms with van der Waals surface area (Å²) in [4.78, 5) is 15.7. The van der Waals surface area contributed by atoms with Gasteiger partial charge in [-0.25, -0.2) is 9.18 Å². The van der Waals surface area contributed by atoms with Crippen LogP contribution in [0.25, 0.3) is 10.9 Å². The van der Waals surface area contributed by atoms with E-state index in [4.69, 9.17) is 16.3 Å². The monoisotopic (exact) mass is 267 g/mol. The molecule has 0 bridgehead atoms. The van der Waals surface area contributed by atoms with Crippen molar-refractivity contribution in [1.82, 2.24) is 4.98 Å². The molecule has 0 fully saturated rings. The molecule has 94 valence electrons. The fourth-order valence-electron chi connectivity index (χ4n) is 1.79. The number of benzene rings is 1. The Kier molecular flexibility index (Phi) is 3.48. The number of nitrogens with zero attached hydrogens (tertiary/aromatic N) is 1. The highest BCUT2D eigenvalue weighted by atomic mass is 35.5. The molecule has 1 aromatic carbocycles. The third-order valence-corrected chi connectivity index (χ3v) is 2.96. The normalized spacial score (nSPS) is 10.7. The van der Waals surface area contributed by atoms with Crippen molar-refractivity contribution < 1.29 is 13.9 Å². The number of aromatic nitrogens is 1. The Morgan fingerprint density at radius 3 is 2.89 bits per heavy atom. The van der Waals surface area contributed by atoms with E-state index in [1.54, 1.807) is 13.8 Å². The summed E-state index contributed by atoms with van der Waals surface area (Å²) in [6.45, 7) is 3.68. The first kappa shape index (κ1) is 12.8. The van der Waals surface area contributed by atoms with Crippen LogP contribution in [0.15, 0.2) is 18.3 Å². The van der Waals surface area contributed by atoms with Crippen LogP contribution in [0.3, 0.4) is 0 Å². The van der Waals surface area contributed by atoms with Gasteiger partial charge in [-0.05, 0) is 25.5 Å². The maximum atomic E-state index is 13.2. The van der Waals surface area contributed by atoms with Gasteiger partial charge in [-0.2, -0.15) is 0 Å². The number of carbonyl (C=O) groups excluding carboxylic acids is 1. The quantitative estimate of drug-likeness (QED) is 0.782. The van der Waals surface area contributed by atoms with Crippen molar-refractivity contribution in [2.75, 3.05) is 6.61 Å². The molecule has 18 heavy (non-hydrogen) atoms. The number of halogens is 2. The average molecular weight is 268 g/mol. The standard InChI is InChI=1S/C13H11ClFNO2/c1-3-18-13(17)9-6-16-10-5-8(15)4-7(2)11(10)12(9)14/h4-6H,3H2,1-2H3. The van der Waals surface area contributed by atoms with Gasteiger partial charge in [-0.3, -0.25) is 4.98 Å². The van der Waals surface area contributed by atoms with Crippen molar-refractivity contribution >= 4 is 28.5 Å². The molecule has 0 aliphatic rings. The zero-order valence-electron chi connectivity index (χ0n) is 9.96. The molecule has 0 saturated heterocycles. The molecule has 0 saturated carbocycles. The molecular weight excluding hydrogens is 257 g/mol. The number of carbonyl (C=O) groups is 1. The number of hydrogen-bond donors (Lipinski definition) is 0. The van der Waals surface area contributed by atoms with E-state index in [-0.39, 0.29) is 23.0 Å². The summed E-state index contributed by atoms with van der Waals surface area (Å²) in [5, 5.41) is 0.819. The first-order valence-electron chi connectivity index (χ1n) is 5.46. The van der Waals surface area contributed by atoms with Gasteiger partial charge in [0.15, 0.2) is 0 Å². The van der Waals surface area contributed by atoms with Crippen molar-refractivity contribution in [2.24, 2.45) is 0 Å². The van der Waals surface area contributed by atoms with E-state index in [2.05, 4.69) is 4.98 Å². The van der Waals surface area contributed by atoms with Crippen LogP contribution in [0.2, 0.25) is 5.02 Å². The van der Waals surface area contributed by atoms with Crippen LogP contribution in [-0.4, -0.2) is 17.6 Å². The predicted octanol–water partition coefficient (Wildman–Crippen LogP) is 3.51. The number of aryl methyl sites for hydroxylation is 1. The van der Waals surface area contributed by atoms with Crippen LogP contribution in [0.4, 0.5) is 4.39 Å². The lowest BCUT2D eigenvalue weighted by atomic mass is 10.1. The molecule has 2 rings (SSSR count). The molecule has 2 aromatic rings. The van der Waals surface area contributed by atoms with Crippen molar-refractivity contribution in [3.05, 3.63) is 40.3 Å². The number of fused-ring (bicyclic) bond motifs is 1. The van der Waals surface area contributed by atoms with E-state index in [1.807, 2.05) is 0 Å². The first-order chi connectivity index (χ1) is 8.54. The Morgan fingerprint density at radius 2 is 2.22 bits per heavy atom. The molecule has 3 nitrogen and oxygen atoms in total. The lowest BCUT2D eigenvalue weighted by Crippen LogP contribution is -2.06. The smallest absolute Gasteiger partial charge is 0.341 e. The summed E-state index contributed by atoms with van der Waals surface area (Å²) >= 11 is 6.17. The first-order valence-corrected chi connectivity index (χ1v) is 5.84. The van der Waals surface area contributed by atoms with Crippen molar-refractivity contribution in [2.45, 2.75) is 13.8 Å². The Labute approximate surface area is 109 Å². The zero-order chi connectivity index (χ0) is 13.3. The number of rotatable bonds is 2. The van der Waals surface area contributed by atoms with Crippen LogP contribution in [0, 0.1) is 12.7 Å². The molecule has 0 N–H and O–H groups in total. The minimum atomic E-state index is -0.527. The summed E-state index contributed by atoms with van der Waals surface area (Å²) < 4.78 is 18.1. The minimum absolute atomic E-state index is 0.195.